The molecule has 0 unspecified atom stereocenters. The van der Waals surface area contributed by atoms with Crippen LogP contribution in [0.4, 0.5) is 0 Å². The van der Waals surface area contributed by atoms with Crippen molar-refractivity contribution in [3.63, 3.8) is 0 Å². The Labute approximate surface area is 189 Å². The number of carbonyl (C=O) groups is 2. The molecule has 1 N–H and O–H groups in total. The smallest absolute Gasteiger partial charge is 0.290 e. The summed E-state index contributed by atoms with van der Waals surface area (Å²) >= 11 is 1.67. The summed E-state index contributed by atoms with van der Waals surface area (Å²) in [6.45, 7) is 6.92. The summed E-state index contributed by atoms with van der Waals surface area (Å²) in [6, 6.07) is 0.921. The summed E-state index contributed by atoms with van der Waals surface area (Å²) in [5.74, 6) is 1.06. The highest BCUT2D eigenvalue weighted by Crippen LogP contribution is 2.54. The molecule has 31 heavy (non-hydrogen) atoms. The minimum Gasteiger partial charge on any atom is -0.483 e. The Morgan fingerprint density at radius 2 is 2.06 bits per heavy atom. The van der Waals surface area contributed by atoms with Gasteiger partial charge in [-0.2, -0.15) is 0 Å². The molecular formula is C23H37N3O4S. The predicted octanol–water partition coefficient (Wildman–Crippen LogP) is 3.64. The second kappa shape index (κ2) is 10.9. The third kappa shape index (κ3) is 5.29. The number of thiazole rings is 1. The van der Waals surface area contributed by atoms with Crippen molar-refractivity contribution in [2.75, 3.05) is 20.2 Å². The fourth-order valence-corrected chi connectivity index (χ4v) is 6.36. The Hall–Kier alpha value is -1.51. The number of piperidine rings is 1. The maximum absolute atomic E-state index is 13.9. The molecule has 7 nitrogen and oxygen atoms in total. The second-order valence-electron chi connectivity index (χ2n) is 9.52. The number of aromatic nitrogens is 1. The average molecular weight is 452 g/mol. The molecule has 3 saturated heterocycles. The molecule has 1 aromatic rings. The van der Waals surface area contributed by atoms with Gasteiger partial charge in [-0.25, -0.2) is 4.98 Å². The molecular weight excluding hydrogens is 414 g/mol. The van der Waals surface area contributed by atoms with Gasteiger partial charge in [-0.15, -0.1) is 11.3 Å². The number of carbonyl (C=O) groups excluding carboxylic acids is 1. The van der Waals surface area contributed by atoms with Gasteiger partial charge in [0.15, 0.2) is 0 Å². The van der Waals surface area contributed by atoms with E-state index >= 15 is 0 Å². The first-order valence-electron chi connectivity index (χ1n) is 11.5. The first kappa shape index (κ1) is 24.1. The van der Waals surface area contributed by atoms with Gasteiger partial charge in [0, 0.05) is 44.2 Å². The van der Waals surface area contributed by atoms with Gasteiger partial charge in [-0.05, 0) is 50.9 Å². The predicted molar refractivity (Wildman–Crippen MR) is 121 cm³/mol. The number of ether oxygens (including phenoxy) is 1. The third-order valence-corrected chi connectivity index (χ3v) is 8.00. The average Bonchev–Trinajstić information content (AvgIpc) is 3.49. The minimum absolute atomic E-state index is 0.191. The van der Waals surface area contributed by atoms with Crippen molar-refractivity contribution >= 4 is 23.7 Å². The Morgan fingerprint density at radius 1 is 1.35 bits per heavy atom. The number of methoxy groups -OCH3 is 1. The van der Waals surface area contributed by atoms with Crippen molar-refractivity contribution in [3.8, 4) is 0 Å². The van der Waals surface area contributed by atoms with Crippen LogP contribution in [0, 0.1) is 11.3 Å². The fourth-order valence-electron chi connectivity index (χ4n) is 5.81. The highest BCUT2D eigenvalue weighted by Gasteiger charge is 2.60. The van der Waals surface area contributed by atoms with Crippen molar-refractivity contribution in [1.29, 1.82) is 0 Å². The number of fused-ring (bicyclic) bond motifs is 2. The maximum Gasteiger partial charge on any atom is 0.290 e. The Kier molecular flexibility index (Phi) is 8.47. The van der Waals surface area contributed by atoms with E-state index in [-0.39, 0.29) is 11.9 Å². The van der Waals surface area contributed by atoms with Crippen molar-refractivity contribution in [2.24, 2.45) is 11.3 Å². The van der Waals surface area contributed by atoms with E-state index in [1.165, 1.54) is 6.42 Å². The van der Waals surface area contributed by atoms with Crippen LogP contribution in [0.3, 0.4) is 0 Å². The Morgan fingerprint density at radius 3 is 2.65 bits per heavy atom. The van der Waals surface area contributed by atoms with E-state index in [9.17, 15) is 4.79 Å². The molecule has 3 aliphatic heterocycles. The normalized spacial score (nSPS) is 28.6. The first-order valence-corrected chi connectivity index (χ1v) is 12.4. The van der Waals surface area contributed by atoms with Gasteiger partial charge in [0.25, 0.3) is 6.47 Å². The molecule has 0 aromatic carbocycles. The number of carboxylic acid groups (broad SMARTS) is 1. The molecule has 4 heterocycles. The lowest BCUT2D eigenvalue weighted by molar-refractivity contribution is -0.147. The van der Waals surface area contributed by atoms with Crippen molar-refractivity contribution in [3.05, 3.63) is 16.6 Å². The number of nitrogens with zero attached hydrogens (tertiary/aromatic N) is 3. The van der Waals surface area contributed by atoms with Gasteiger partial charge in [0.05, 0.1) is 22.7 Å². The van der Waals surface area contributed by atoms with Crippen LogP contribution in [-0.2, 0) is 20.9 Å². The van der Waals surface area contributed by atoms with E-state index in [2.05, 4.69) is 34.0 Å². The molecule has 3 atom stereocenters. The minimum atomic E-state index is -0.250. The molecule has 0 radical (unpaired) electrons. The van der Waals surface area contributed by atoms with Crippen molar-refractivity contribution < 1.29 is 19.4 Å². The molecule has 0 saturated carbocycles. The van der Waals surface area contributed by atoms with Gasteiger partial charge in [-0.3, -0.25) is 14.5 Å². The number of hydrogen-bond acceptors (Lipinski definition) is 6. The lowest BCUT2D eigenvalue weighted by atomic mass is 9.68. The van der Waals surface area contributed by atoms with Gasteiger partial charge in [0.1, 0.15) is 0 Å². The SMILES string of the molecule is COC1CCN(C(=O)[C@@]2(CCC(C)C)C[C@H]3CC[C@@H]2N3Cc2cscn2)CC1.O=CO. The van der Waals surface area contributed by atoms with Gasteiger partial charge >= 0.3 is 0 Å². The molecule has 3 aliphatic rings. The van der Waals surface area contributed by atoms with E-state index < -0.39 is 0 Å². The molecule has 8 heteroatoms. The molecule has 1 aromatic heterocycles. The van der Waals surface area contributed by atoms with E-state index in [1.807, 2.05) is 5.51 Å². The van der Waals surface area contributed by atoms with E-state index in [1.54, 1.807) is 18.4 Å². The standard InChI is InChI=1S/C22H35N3O2S.CH2O2/c1-16(2)6-9-22(21(26)24-10-7-19(27-3)8-11-24)12-18-4-5-20(22)25(18)13-17-14-28-15-23-17;2-1-3/h14-16,18-20H,4-13H2,1-3H3;1H,(H,2,3)/t18-,20+,22+;/m1./s1. The summed E-state index contributed by atoms with van der Waals surface area (Å²) in [5.41, 5.74) is 2.89. The van der Waals surface area contributed by atoms with E-state index in [0.717, 1.165) is 63.9 Å². The zero-order chi connectivity index (χ0) is 22.4. The molecule has 3 fully saturated rings. The fraction of sp³-hybridized carbons (Fsp3) is 0.783. The van der Waals surface area contributed by atoms with Crippen LogP contribution >= 0.6 is 11.3 Å². The highest BCUT2D eigenvalue weighted by molar-refractivity contribution is 7.07. The zero-order valence-electron chi connectivity index (χ0n) is 19.0. The Balaban J connectivity index is 0.000000858. The molecule has 0 aliphatic carbocycles. The van der Waals surface area contributed by atoms with Crippen LogP contribution in [-0.4, -0.2) is 70.7 Å². The second-order valence-corrected chi connectivity index (χ2v) is 10.2. The first-order chi connectivity index (χ1) is 14.9. The van der Waals surface area contributed by atoms with Gasteiger partial charge in [-0.1, -0.05) is 13.8 Å². The summed E-state index contributed by atoms with van der Waals surface area (Å²) in [7, 11) is 1.79. The van der Waals surface area contributed by atoms with Crippen LogP contribution in [0.15, 0.2) is 10.9 Å². The largest absolute Gasteiger partial charge is 0.483 e. The molecule has 1 amide bonds. The van der Waals surface area contributed by atoms with Crippen LogP contribution in [0.25, 0.3) is 0 Å². The van der Waals surface area contributed by atoms with E-state index in [4.69, 9.17) is 14.6 Å². The van der Waals surface area contributed by atoms with Crippen LogP contribution < -0.4 is 0 Å². The van der Waals surface area contributed by atoms with Crippen LogP contribution in [0.2, 0.25) is 0 Å². The molecule has 174 valence electrons. The number of amides is 1. The summed E-state index contributed by atoms with van der Waals surface area (Å²) < 4.78 is 5.52. The number of rotatable bonds is 7. The van der Waals surface area contributed by atoms with E-state index in [0.29, 0.717) is 30.0 Å². The lowest BCUT2D eigenvalue weighted by Crippen LogP contribution is -2.53. The van der Waals surface area contributed by atoms with Gasteiger partial charge < -0.3 is 14.7 Å². The monoisotopic (exact) mass is 451 g/mol. The zero-order valence-corrected chi connectivity index (χ0v) is 19.9. The van der Waals surface area contributed by atoms with Gasteiger partial charge in [0.2, 0.25) is 5.91 Å². The molecule has 0 spiro atoms. The topological polar surface area (TPSA) is 83.0 Å². The maximum atomic E-state index is 13.9. The van der Waals surface area contributed by atoms with Crippen molar-refractivity contribution in [2.45, 2.75) is 83.5 Å². The summed E-state index contributed by atoms with van der Waals surface area (Å²) in [5, 5.41) is 9.05. The van der Waals surface area contributed by atoms with Crippen molar-refractivity contribution in [1.82, 2.24) is 14.8 Å². The highest BCUT2D eigenvalue weighted by atomic mass is 32.1. The number of likely N-dealkylation sites (tertiary alicyclic amines) is 1. The van der Waals surface area contributed by atoms with Crippen LogP contribution in [0.5, 0.6) is 0 Å². The Bertz CT molecular complexity index is 706. The van der Waals surface area contributed by atoms with Crippen LogP contribution in [0.1, 0.15) is 64.5 Å². The molecule has 2 bridgehead atoms. The third-order valence-electron chi connectivity index (χ3n) is 7.36. The summed E-state index contributed by atoms with van der Waals surface area (Å²) in [4.78, 5) is 31.6. The quantitative estimate of drug-likeness (QED) is 0.637. The number of hydrogen-bond donors (Lipinski definition) is 1. The molecule has 4 rings (SSSR count). The lowest BCUT2D eigenvalue weighted by Gasteiger charge is -2.42. The summed E-state index contributed by atoms with van der Waals surface area (Å²) in [6.07, 6.45) is 7.85.